The van der Waals surface area contributed by atoms with Gasteiger partial charge < -0.3 is 14.8 Å². The Morgan fingerprint density at radius 1 is 1.07 bits per heavy atom. The summed E-state index contributed by atoms with van der Waals surface area (Å²) < 4.78 is 10.5. The van der Waals surface area contributed by atoms with E-state index < -0.39 is 0 Å². The van der Waals surface area contributed by atoms with Crippen molar-refractivity contribution in [3.63, 3.8) is 0 Å². The summed E-state index contributed by atoms with van der Waals surface area (Å²) in [6.07, 6.45) is 0. The standard InChI is InChI=1S/C22H24N2O3/c1-15(2)21-14-19(18-6-4-5-7-20(18)24-21)22(25)23-16-8-10-17(11-9-16)27-13-12-26-3/h4-11,14-15H,12-13H2,1-3H3,(H,23,25). The number of ether oxygens (including phenoxy) is 2. The highest BCUT2D eigenvalue weighted by molar-refractivity contribution is 6.12. The van der Waals surface area contributed by atoms with E-state index >= 15 is 0 Å². The Morgan fingerprint density at radius 3 is 2.52 bits per heavy atom. The van der Waals surface area contributed by atoms with Gasteiger partial charge >= 0.3 is 0 Å². The predicted molar refractivity (Wildman–Crippen MR) is 108 cm³/mol. The number of fused-ring (bicyclic) bond motifs is 1. The van der Waals surface area contributed by atoms with Gasteiger partial charge in [-0.1, -0.05) is 32.0 Å². The molecule has 0 radical (unpaired) electrons. The highest BCUT2D eigenvalue weighted by atomic mass is 16.5. The number of nitrogens with one attached hydrogen (secondary N) is 1. The van der Waals surface area contributed by atoms with Crippen LogP contribution in [0.3, 0.4) is 0 Å². The van der Waals surface area contributed by atoms with E-state index in [1.54, 1.807) is 7.11 Å². The molecule has 0 spiro atoms. The van der Waals surface area contributed by atoms with Crippen molar-refractivity contribution in [2.45, 2.75) is 19.8 Å². The lowest BCUT2D eigenvalue weighted by Crippen LogP contribution is -2.14. The molecular weight excluding hydrogens is 340 g/mol. The van der Waals surface area contributed by atoms with Crippen molar-refractivity contribution < 1.29 is 14.3 Å². The minimum absolute atomic E-state index is 0.149. The maximum atomic E-state index is 12.9. The van der Waals surface area contributed by atoms with E-state index in [9.17, 15) is 4.79 Å². The summed E-state index contributed by atoms with van der Waals surface area (Å²) in [5.41, 5.74) is 3.08. The highest BCUT2D eigenvalue weighted by Crippen LogP contribution is 2.24. The normalized spacial score (nSPS) is 11.0. The highest BCUT2D eigenvalue weighted by Gasteiger charge is 2.14. The second-order valence-corrected chi connectivity index (χ2v) is 6.59. The van der Waals surface area contributed by atoms with E-state index in [2.05, 4.69) is 24.1 Å². The number of anilines is 1. The van der Waals surface area contributed by atoms with Crippen LogP contribution in [0.5, 0.6) is 5.75 Å². The Hall–Kier alpha value is -2.92. The molecular formula is C22H24N2O3. The molecule has 0 bridgehead atoms. The van der Waals surface area contributed by atoms with Gasteiger partial charge in [-0.05, 0) is 42.3 Å². The van der Waals surface area contributed by atoms with Gasteiger partial charge in [-0.2, -0.15) is 0 Å². The molecule has 5 nitrogen and oxygen atoms in total. The number of carbonyl (C=O) groups is 1. The van der Waals surface area contributed by atoms with Gasteiger partial charge in [-0.15, -0.1) is 0 Å². The Balaban J connectivity index is 1.81. The molecule has 0 aliphatic rings. The second-order valence-electron chi connectivity index (χ2n) is 6.59. The first kappa shape index (κ1) is 18.9. The van der Waals surface area contributed by atoms with Crippen molar-refractivity contribution in [3.05, 3.63) is 65.9 Å². The molecule has 1 heterocycles. The maximum Gasteiger partial charge on any atom is 0.256 e. The molecule has 0 aliphatic heterocycles. The van der Waals surface area contributed by atoms with Crippen LogP contribution < -0.4 is 10.1 Å². The Bertz CT molecular complexity index is 920. The van der Waals surface area contributed by atoms with Crippen molar-refractivity contribution in [2.24, 2.45) is 0 Å². The molecule has 1 aromatic heterocycles. The molecule has 27 heavy (non-hydrogen) atoms. The zero-order valence-electron chi connectivity index (χ0n) is 15.9. The number of methoxy groups -OCH3 is 1. The predicted octanol–water partition coefficient (Wildman–Crippen LogP) is 4.64. The van der Waals surface area contributed by atoms with Crippen LogP contribution in [0.1, 0.15) is 35.8 Å². The van der Waals surface area contributed by atoms with Crippen LogP contribution in [-0.4, -0.2) is 31.2 Å². The lowest BCUT2D eigenvalue weighted by atomic mass is 10.0. The smallest absolute Gasteiger partial charge is 0.256 e. The summed E-state index contributed by atoms with van der Waals surface area (Å²) in [5, 5.41) is 3.81. The first-order chi connectivity index (χ1) is 13.1. The maximum absolute atomic E-state index is 12.9. The first-order valence-electron chi connectivity index (χ1n) is 9.01. The summed E-state index contributed by atoms with van der Waals surface area (Å²) >= 11 is 0. The topological polar surface area (TPSA) is 60.5 Å². The van der Waals surface area contributed by atoms with Crippen LogP contribution >= 0.6 is 0 Å². The fourth-order valence-corrected chi connectivity index (χ4v) is 2.76. The van der Waals surface area contributed by atoms with Gasteiger partial charge in [0.1, 0.15) is 12.4 Å². The molecule has 3 rings (SSSR count). The van der Waals surface area contributed by atoms with Crippen LogP contribution in [0.2, 0.25) is 0 Å². The number of rotatable bonds is 7. The number of hydrogen-bond donors (Lipinski definition) is 1. The fraction of sp³-hybridized carbons (Fsp3) is 0.273. The number of amides is 1. The third-order valence-electron chi connectivity index (χ3n) is 4.24. The monoisotopic (exact) mass is 364 g/mol. The van der Waals surface area contributed by atoms with Crippen molar-refractivity contribution in [3.8, 4) is 5.75 Å². The van der Waals surface area contributed by atoms with Crippen molar-refractivity contribution in [2.75, 3.05) is 25.6 Å². The van der Waals surface area contributed by atoms with Crippen molar-refractivity contribution in [1.29, 1.82) is 0 Å². The molecule has 1 N–H and O–H groups in total. The number of para-hydroxylation sites is 1. The number of aromatic nitrogens is 1. The van der Waals surface area contributed by atoms with Crippen molar-refractivity contribution in [1.82, 2.24) is 4.98 Å². The minimum Gasteiger partial charge on any atom is -0.491 e. The molecule has 0 aliphatic carbocycles. The van der Waals surface area contributed by atoms with Gasteiger partial charge in [0, 0.05) is 23.9 Å². The first-order valence-corrected chi connectivity index (χ1v) is 9.01. The largest absolute Gasteiger partial charge is 0.491 e. The molecule has 2 aromatic carbocycles. The third-order valence-corrected chi connectivity index (χ3v) is 4.24. The van der Waals surface area contributed by atoms with Crippen LogP contribution in [0, 0.1) is 0 Å². The molecule has 3 aromatic rings. The Morgan fingerprint density at radius 2 is 1.81 bits per heavy atom. The van der Waals surface area contributed by atoms with Gasteiger partial charge in [0.2, 0.25) is 0 Å². The van der Waals surface area contributed by atoms with Gasteiger partial charge in [0.15, 0.2) is 0 Å². The molecule has 5 heteroatoms. The number of carbonyl (C=O) groups excluding carboxylic acids is 1. The van der Waals surface area contributed by atoms with E-state index in [-0.39, 0.29) is 11.8 Å². The van der Waals surface area contributed by atoms with E-state index in [4.69, 9.17) is 9.47 Å². The number of hydrogen-bond acceptors (Lipinski definition) is 4. The lowest BCUT2D eigenvalue weighted by Gasteiger charge is -2.12. The van der Waals surface area contributed by atoms with Gasteiger partial charge in [-0.3, -0.25) is 9.78 Å². The van der Waals surface area contributed by atoms with E-state index in [1.165, 1.54) is 0 Å². The summed E-state index contributed by atoms with van der Waals surface area (Å²) in [5.74, 6) is 0.828. The van der Waals surface area contributed by atoms with Crippen molar-refractivity contribution >= 4 is 22.5 Å². The summed E-state index contributed by atoms with van der Waals surface area (Å²) in [4.78, 5) is 17.6. The van der Waals surface area contributed by atoms with Crippen LogP contribution in [0.25, 0.3) is 10.9 Å². The number of pyridine rings is 1. The van der Waals surface area contributed by atoms with Gasteiger partial charge in [0.05, 0.1) is 17.7 Å². The van der Waals surface area contributed by atoms with E-state index in [0.717, 1.165) is 22.3 Å². The molecule has 0 unspecified atom stereocenters. The molecule has 140 valence electrons. The third kappa shape index (κ3) is 4.63. The van der Waals surface area contributed by atoms with E-state index in [0.29, 0.717) is 24.5 Å². The SMILES string of the molecule is COCCOc1ccc(NC(=O)c2cc(C(C)C)nc3ccccc23)cc1. The summed E-state index contributed by atoms with van der Waals surface area (Å²) in [7, 11) is 1.63. The minimum atomic E-state index is -0.149. The Labute approximate surface area is 159 Å². The van der Waals surface area contributed by atoms with E-state index in [1.807, 2.05) is 54.6 Å². The van der Waals surface area contributed by atoms with Gasteiger partial charge in [-0.25, -0.2) is 0 Å². The second kappa shape index (κ2) is 8.64. The molecule has 0 saturated carbocycles. The molecule has 0 saturated heterocycles. The average molecular weight is 364 g/mol. The summed E-state index contributed by atoms with van der Waals surface area (Å²) in [6.45, 7) is 5.16. The number of benzene rings is 2. The molecule has 0 fully saturated rings. The molecule has 1 amide bonds. The van der Waals surface area contributed by atoms with Crippen LogP contribution in [-0.2, 0) is 4.74 Å². The summed E-state index contributed by atoms with van der Waals surface area (Å²) in [6, 6.07) is 16.9. The molecule has 0 atom stereocenters. The Kier molecular flexibility index (Phi) is 6.04. The zero-order valence-corrected chi connectivity index (χ0v) is 15.9. The van der Waals surface area contributed by atoms with Crippen LogP contribution in [0.15, 0.2) is 54.6 Å². The quantitative estimate of drug-likeness (QED) is 0.621. The fourth-order valence-electron chi connectivity index (χ4n) is 2.76. The average Bonchev–Trinajstić information content (AvgIpc) is 2.68. The van der Waals surface area contributed by atoms with Gasteiger partial charge in [0.25, 0.3) is 5.91 Å². The number of nitrogens with zero attached hydrogens (tertiary/aromatic N) is 1. The van der Waals surface area contributed by atoms with Crippen LogP contribution in [0.4, 0.5) is 5.69 Å². The lowest BCUT2D eigenvalue weighted by molar-refractivity contribution is 0.102. The zero-order chi connectivity index (χ0) is 19.2.